The second-order valence-corrected chi connectivity index (χ2v) is 12.3. The molecule has 0 aliphatic heterocycles. The molecule has 4 rings (SSSR count). The van der Waals surface area contributed by atoms with Gasteiger partial charge in [-0.1, -0.05) is 36.4 Å². The van der Waals surface area contributed by atoms with Gasteiger partial charge in [0.05, 0.1) is 11.1 Å². The van der Waals surface area contributed by atoms with Crippen molar-refractivity contribution in [3.63, 3.8) is 0 Å². The summed E-state index contributed by atoms with van der Waals surface area (Å²) in [5.41, 5.74) is 0.973. The van der Waals surface area contributed by atoms with E-state index < -0.39 is 26.5 Å². The number of carbonyl (C=O) groups excluding carboxylic acids is 3. The largest absolute Gasteiger partial charge is 0.507 e. The lowest BCUT2D eigenvalue weighted by atomic mass is 9.81. The highest BCUT2D eigenvalue weighted by Crippen LogP contribution is 2.40. The lowest BCUT2D eigenvalue weighted by Gasteiger charge is -2.28. The minimum absolute atomic E-state index is 0.160. The number of nitrogens with one attached hydrogen (secondary N) is 1. The monoisotopic (exact) mass is 593 g/mol. The van der Waals surface area contributed by atoms with Crippen LogP contribution in [0.15, 0.2) is 54.6 Å². The van der Waals surface area contributed by atoms with Gasteiger partial charge in [0.2, 0.25) is 0 Å². The first kappa shape index (κ1) is 30.9. The SMILES string of the molecule is CCO[Si](CCCNC(=O)Oc1ccc(Cc2cc(O)c3c(c2O)C(=O)c2ccccc2C3=O)cc1)(OCC)OCC. The van der Waals surface area contributed by atoms with E-state index in [0.29, 0.717) is 44.6 Å². The van der Waals surface area contributed by atoms with Crippen LogP contribution >= 0.6 is 0 Å². The van der Waals surface area contributed by atoms with Crippen molar-refractivity contribution in [2.24, 2.45) is 0 Å². The van der Waals surface area contributed by atoms with E-state index in [1.54, 1.807) is 36.4 Å². The normalized spacial score (nSPS) is 12.5. The summed E-state index contributed by atoms with van der Waals surface area (Å²) in [6.45, 7) is 7.48. The molecule has 3 aromatic carbocycles. The molecule has 0 atom stereocenters. The third-order valence-electron chi connectivity index (χ3n) is 6.78. The maximum atomic E-state index is 13.1. The van der Waals surface area contributed by atoms with Crippen LogP contribution in [0.3, 0.4) is 0 Å². The van der Waals surface area contributed by atoms with Gasteiger partial charge in [-0.15, -0.1) is 0 Å². The summed E-state index contributed by atoms with van der Waals surface area (Å²) < 4.78 is 22.8. The van der Waals surface area contributed by atoms with Crippen LogP contribution in [0.5, 0.6) is 17.2 Å². The van der Waals surface area contributed by atoms with Crippen molar-refractivity contribution in [1.82, 2.24) is 5.32 Å². The van der Waals surface area contributed by atoms with Crippen molar-refractivity contribution in [2.45, 2.75) is 39.7 Å². The number of hydrogen-bond donors (Lipinski definition) is 3. The zero-order valence-electron chi connectivity index (χ0n) is 23.9. The Balaban J connectivity index is 1.36. The highest BCUT2D eigenvalue weighted by atomic mass is 28.4. The fourth-order valence-electron chi connectivity index (χ4n) is 4.98. The fraction of sp³-hybridized carbons (Fsp3) is 0.323. The van der Waals surface area contributed by atoms with Crippen LogP contribution < -0.4 is 10.1 Å². The molecule has 0 saturated heterocycles. The van der Waals surface area contributed by atoms with Crippen LogP contribution in [0.2, 0.25) is 6.04 Å². The smallest absolute Gasteiger partial charge is 0.500 e. The number of phenolic OH excluding ortho intramolecular Hbond substituents is 2. The Morgan fingerprint density at radius 1 is 0.833 bits per heavy atom. The Kier molecular flexibility index (Phi) is 10.1. The molecule has 0 fully saturated rings. The Labute approximate surface area is 245 Å². The minimum Gasteiger partial charge on any atom is -0.507 e. The van der Waals surface area contributed by atoms with Gasteiger partial charge in [0, 0.05) is 55.5 Å². The highest BCUT2D eigenvalue weighted by Gasteiger charge is 2.39. The molecule has 0 heterocycles. The molecule has 0 bridgehead atoms. The Morgan fingerprint density at radius 3 is 1.98 bits per heavy atom. The van der Waals surface area contributed by atoms with Gasteiger partial charge in [0.15, 0.2) is 11.6 Å². The minimum atomic E-state index is -2.78. The van der Waals surface area contributed by atoms with Gasteiger partial charge in [0.25, 0.3) is 0 Å². The van der Waals surface area contributed by atoms with Gasteiger partial charge in [-0.25, -0.2) is 4.79 Å². The Bertz CT molecular complexity index is 1440. The summed E-state index contributed by atoms with van der Waals surface area (Å²) in [4.78, 5) is 38.4. The van der Waals surface area contributed by atoms with E-state index in [9.17, 15) is 24.6 Å². The molecule has 0 radical (unpaired) electrons. The molecular formula is C31H35NO9Si. The lowest BCUT2D eigenvalue weighted by molar-refractivity contribution is 0.0707. The van der Waals surface area contributed by atoms with Crippen molar-refractivity contribution in [3.05, 3.63) is 88.0 Å². The van der Waals surface area contributed by atoms with Gasteiger partial charge in [-0.3, -0.25) is 9.59 Å². The lowest BCUT2D eigenvalue weighted by Crippen LogP contribution is -2.46. The topological polar surface area (TPSA) is 141 Å². The number of ketones is 2. The molecule has 11 heteroatoms. The van der Waals surface area contributed by atoms with E-state index in [4.69, 9.17) is 18.0 Å². The number of phenols is 2. The molecule has 1 amide bonds. The molecule has 0 unspecified atom stereocenters. The number of amides is 1. The second kappa shape index (κ2) is 13.8. The maximum absolute atomic E-state index is 13.1. The molecule has 3 N–H and O–H groups in total. The molecule has 0 aromatic heterocycles. The van der Waals surface area contributed by atoms with Crippen LogP contribution in [0.1, 0.15) is 70.2 Å². The molecular weight excluding hydrogens is 558 g/mol. The first-order valence-electron chi connectivity index (χ1n) is 14.0. The third kappa shape index (κ3) is 6.71. The molecule has 1 aliphatic carbocycles. The summed E-state index contributed by atoms with van der Waals surface area (Å²) in [6, 6.07) is 14.8. The van der Waals surface area contributed by atoms with Crippen molar-refractivity contribution in [2.75, 3.05) is 26.4 Å². The van der Waals surface area contributed by atoms with E-state index in [-0.39, 0.29) is 45.7 Å². The molecule has 3 aromatic rings. The molecule has 10 nitrogen and oxygen atoms in total. The molecule has 0 saturated carbocycles. The van der Waals surface area contributed by atoms with Crippen LogP contribution in [0.4, 0.5) is 4.79 Å². The van der Waals surface area contributed by atoms with E-state index in [1.165, 1.54) is 18.2 Å². The fourth-order valence-corrected chi connectivity index (χ4v) is 7.59. The van der Waals surface area contributed by atoms with Crippen LogP contribution in [-0.4, -0.2) is 63.0 Å². The van der Waals surface area contributed by atoms with Crippen molar-refractivity contribution in [3.8, 4) is 17.2 Å². The number of aromatic hydroxyl groups is 2. The van der Waals surface area contributed by atoms with E-state index in [0.717, 1.165) is 5.56 Å². The summed E-state index contributed by atoms with van der Waals surface area (Å²) in [5.74, 6) is -1.44. The van der Waals surface area contributed by atoms with Crippen molar-refractivity contribution in [1.29, 1.82) is 0 Å². The molecule has 0 spiro atoms. The van der Waals surface area contributed by atoms with Gasteiger partial charge in [0.1, 0.15) is 17.2 Å². The van der Waals surface area contributed by atoms with Crippen molar-refractivity contribution >= 4 is 26.5 Å². The predicted octanol–water partition coefficient (Wildman–Crippen LogP) is 4.99. The second-order valence-electron chi connectivity index (χ2n) is 9.58. The average Bonchev–Trinajstić information content (AvgIpc) is 2.97. The third-order valence-corrected chi connectivity index (χ3v) is 9.93. The van der Waals surface area contributed by atoms with Gasteiger partial charge < -0.3 is 33.5 Å². The maximum Gasteiger partial charge on any atom is 0.500 e. The summed E-state index contributed by atoms with van der Waals surface area (Å²) in [6.07, 6.45) is 0.143. The van der Waals surface area contributed by atoms with E-state index in [2.05, 4.69) is 5.32 Å². The number of fused-ring (bicyclic) bond motifs is 2. The Morgan fingerprint density at radius 2 is 1.40 bits per heavy atom. The summed E-state index contributed by atoms with van der Waals surface area (Å²) in [7, 11) is -2.78. The summed E-state index contributed by atoms with van der Waals surface area (Å²) in [5, 5.41) is 24.3. The number of benzene rings is 3. The first-order chi connectivity index (χ1) is 20.2. The van der Waals surface area contributed by atoms with Crippen LogP contribution in [0.25, 0.3) is 0 Å². The van der Waals surface area contributed by atoms with Crippen molar-refractivity contribution < 1.29 is 42.6 Å². The number of hydrogen-bond acceptors (Lipinski definition) is 9. The van der Waals surface area contributed by atoms with Gasteiger partial charge in [-0.2, -0.15) is 0 Å². The zero-order valence-corrected chi connectivity index (χ0v) is 24.9. The number of rotatable bonds is 13. The molecule has 222 valence electrons. The van der Waals surface area contributed by atoms with Gasteiger partial charge >= 0.3 is 14.9 Å². The number of ether oxygens (including phenoxy) is 1. The van der Waals surface area contributed by atoms with Crippen LogP contribution in [-0.2, 0) is 19.7 Å². The average molecular weight is 594 g/mol. The zero-order chi connectivity index (χ0) is 30.3. The molecule has 42 heavy (non-hydrogen) atoms. The van der Waals surface area contributed by atoms with Crippen LogP contribution in [0, 0.1) is 0 Å². The highest BCUT2D eigenvalue weighted by molar-refractivity contribution is 6.60. The Hall–Kier alpha value is -4.03. The van der Waals surface area contributed by atoms with E-state index >= 15 is 0 Å². The van der Waals surface area contributed by atoms with E-state index in [1.807, 2.05) is 20.8 Å². The number of carbonyl (C=O) groups is 3. The first-order valence-corrected chi connectivity index (χ1v) is 15.9. The standard InChI is InChI=1S/C31H35NO9Si/c1-4-38-42(39-5-2,40-6-3)17-9-16-32-31(37)41-22-14-12-20(13-15-22)18-21-19-25(33)26-27(28(21)34)30(36)24-11-8-7-10-23(24)29(26)35/h7-8,10-15,19,33-34H,4-6,9,16-18H2,1-3H3,(H,32,37). The molecule has 1 aliphatic rings. The summed E-state index contributed by atoms with van der Waals surface area (Å²) >= 11 is 0. The quantitative estimate of drug-likeness (QED) is 0.111. The predicted molar refractivity (Wildman–Crippen MR) is 156 cm³/mol. The van der Waals surface area contributed by atoms with Gasteiger partial charge in [-0.05, 0) is 51.0 Å².